The second kappa shape index (κ2) is 4.96. The minimum absolute atomic E-state index is 0.201. The van der Waals surface area contributed by atoms with E-state index in [0.717, 1.165) is 12.0 Å². The molecule has 0 saturated heterocycles. The van der Waals surface area contributed by atoms with E-state index in [1.54, 1.807) is 6.92 Å². The van der Waals surface area contributed by atoms with Crippen molar-refractivity contribution in [3.05, 3.63) is 60.2 Å². The fourth-order valence-electron chi connectivity index (χ4n) is 2.18. The van der Waals surface area contributed by atoms with Gasteiger partial charge in [0.2, 0.25) is 0 Å². The molecule has 0 heterocycles. The van der Waals surface area contributed by atoms with Crippen molar-refractivity contribution >= 4 is 16.6 Å². The van der Waals surface area contributed by atoms with E-state index in [4.69, 9.17) is 0 Å². The highest BCUT2D eigenvalue weighted by molar-refractivity contribution is 5.92. The van der Waals surface area contributed by atoms with Gasteiger partial charge in [-0.15, -0.1) is 6.58 Å². The highest BCUT2D eigenvalue weighted by Crippen LogP contribution is 2.24. The van der Waals surface area contributed by atoms with E-state index in [2.05, 4.69) is 30.8 Å². The predicted molar refractivity (Wildman–Crippen MR) is 72.2 cm³/mol. The molecule has 1 heteroatoms. The minimum atomic E-state index is 0.201. The van der Waals surface area contributed by atoms with Crippen molar-refractivity contribution in [3.8, 4) is 0 Å². The van der Waals surface area contributed by atoms with Gasteiger partial charge in [-0.2, -0.15) is 0 Å². The maximum Gasteiger partial charge on any atom is 0.134 e. The van der Waals surface area contributed by atoms with Crippen molar-refractivity contribution in [2.24, 2.45) is 0 Å². The molecule has 0 unspecified atom stereocenters. The molecule has 0 N–H and O–H groups in total. The summed E-state index contributed by atoms with van der Waals surface area (Å²) in [5.74, 6) is 0.201. The SMILES string of the molecule is C=CCc1ccc(CC(C)=O)c2ccccc12. The topological polar surface area (TPSA) is 17.1 Å². The summed E-state index contributed by atoms with van der Waals surface area (Å²) in [6, 6.07) is 12.4. The molecule has 0 aliphatic carbocycles. The van der Waals surface area contributed by atoms with E-state index in [9.17, 15) is 4.79 Å². The van der Waals surface area contributed by atoms with Crippen LogP contribution in [0.3, 0.4) is 0 Å². The van der Waals surface area contributed by atoms with E-state index in [0.29, 0.717) is 6.42 Å². The number of carbonyl (C=O) groups is 1. The van der Waals surface area contributed by atoms with Crippen LogP contribution in [0.5, 0.6) is 0 Å². The van der Waals surface area contributed by atoms with Crippen LogP contribution in [0.4, 0.5) is 0 Å². The first kappa shape index (κ1) is 11.6. The first-order chi connectivity index (χ1) is 8.22. The van der Waals surface area contributed by atoms with Gasteiger partial charge < -0.3 is 0 Å². The number of carbonyl (C=O) groups excluding carboxylic acids is 1. The Morgan fingerprint density at radius 1 is 1.12 bits per heavy atom. The maximum atomic E-state index is 11.3. The molecule has 0 aliphatic rings. The summed E-state index contributed by atoms with van der Waals surface area (Å²) in [4.78, 5) is 11.3. The van der Waals surface area contributed by atoms with Crippen molar-refractivity contribution in [3.63, 3.8) is 0 Å². The normalized spacial score (nSPS) is 10.4. The Kier molecular flexibility index (Phi) is 3.38. The number of allylic oxidation sites excluding steroid dienone is 1. The molecule has 0 fully saturated rings. The molecule has 2 aromatic rings. The van der Waals surface area contributed by atoms with Gasteiger partial charge in [0.05, 0.1) is 0 Å². The summed E-state index contributed by atoms with van der Waals surface area (Å²) in [7, 11) is 0. The fraction of sp³-hybridized carbons (Fsp3) is 0.188. The minimum Gasteiger partial charge on any atom is -0.300 e. The van der Waals surface area contributed by atoms with Crippen LogP contribution in [0, 0.1) is 0 Å². The Hall–Kier alpha value is -1.89. The number of fused-ring (bicyclic) bond motifs is 1. The zero-order valence-corrected chi connectivity index (χ0v) is 10.1. The van der Waals surface area contributed by atoms with Gasteiger partial charge in [-0.25, -0.2) is 0 Å². The predicted octanol–water partition coefficient (Wildman–Crippen LogP) is 3.70. The number of hydrogen-bond donors (Lipinski definition) is 0. The van der Waals surface area contributed by atoms with E-state index in [1.807, 2.05) is 18.2 Å². The third kappa shape index (κ3) is 2.44. The molecule has 0 saturated carbocycles. The second-order valence-corrected chi connectivity index (χ2v) is 4.30. The fourth-order valence-corrected chi connectivity index (χ4v) is 2.18. The summed E-state index contributed by atoms with van der Waals surface area (Å²) in [5.41, 5.74) is 2.38. The Balaban J connectivity index is 2.61. The van der Waals surface area contributed by atoms with Gasteiger partial charge >= 0.3 is 0 Å². The van der Waals surface area contributed by atoms with Crippen molar-refractivity contribution in [2.45, 2.75) is 19.8 Å². The van der Waals surface area contributed by atoms with Crippen LogP contribution >= 0.6 is 0 Å². The highest BCUT2D eigenvalue weighted by atomic mass is 16.1. The van der Waals surface area contributed by atoms with E-state index in [-0.39, 0.29) is 5.78 Å². The zero-order valence-electron chi connectivity index (χ0n) is 10.1. The third-order valence-corrected chi connectivity index (χ3v) is 2.91. The van der Waals surface area contributed by atoms with E-state index < -0.39 is 0 Å². The van der Waals surface area contributed by atoms with Crippen LogP contribution in [0.25, 0.3) is 10.8 Å². The van der Waals surface area contributed by atoms with E-state index >= 15 is 0 Å². The first-order valence-electron chi connectivity index (χ1n) is 5.82. The average Bonchev–Trinajstić information content (AvgIpc) is 2.32. The number of hydrogen-bond acceptors (Lipinski definition) is 1. The molecule has 0 aromatic heterocycles. The highest BCUT2D eigenvalue weighted by Gasteiger charge is 2.06. The molecule has 86 valence electrons. The molecule has 0 amide bonds. The first-order valence-corrected chi connectivity index (χ1v) is 5.82. The molecule has 2 aromatic carbocycles. The van der Waals surface area contributed by atoms with Crippen LogP contribution in [0.1, 0.15) is 18.1 Å². The summed E-state index contributed by atoms with van der Waals surface area (Å²) >= 11 is 0. The van der Waals surface area contributed by atoms with Crippen molar-refractivity contribution in [2.75, 3.05) is 0 Å². The molecule has 17 heavy (non-hydrogen) atoms. The summed E-state index contributed by atoms with van der Waals surface area (Å²) in [6.07, 6.45) is 3.28. The molecule has 0 bridgehead atoms. The lowest BCUT2D eigenvalue weighted by Crippen LogP contribution is -1.98. The average molecular weight is 224 g/mol. The monoisotopic (exact) mass is 224 g/mol. The van der Waals surface area contributed by atoms with Gasteiger partial charge in [-0.05, 0) is 35.2 Å². The summed E-state index contributed by atoms with van der Waals surface area (Å²) < 4.78 is 0. The van der Waals surface area contributed by atoms with Gasteiger partial charge in [-0.3, -0.25) is 4.79 Å². The van der Waals surface area contributed by atoms with Crippen LogP contribution < -0.4 is 0 Å². The second-order valence-electron chi connectivity index (χ2n) is 4.30. The summed E-state index contributed by atoms with van der Waals surface area (Å²) in [6.45, 7) is 5.41. The molecule has 0 radical (unpaired) electrons. The molecule has 2 rings (SSSR count). The number of ketones is 1. The number of benzene rings is 2. The van der Waals surface area contributed by atoms with Crippen LogP contribution in [-0.2, 0) is 17.6 Å². The maximum absolute atomic E-state index is 11.3. The van der Waals surface area contributed by atoms with Crippen molar-refractivity contribution in [1.29, 1.82) is 0 Å². The van der Waals surface area contributed by atoms with Gasteiger partial charge in [0.15, 0.2) is 0 Å². The van der Waals surface area contributed by atoms with Gasteiger partial charge in [0, 0.05) is 6.42 Å². The lowest BCUT2D eigenvalue weighted by molar-refractivity contribution is -0.116. The molecular formula is C16H16O. The van der Waals surface area contributed by atoms with Crippen LogP contribution in [-0.4, -0.2) is 5.78 Å². The number of rotatable bonds is 4. The largest absolute Gasteiger partial charge is 0.300 e. The quantitative estimate of drug-likeness (QED) is 0.724. The van der Waals surface area contributed by atoms with Crippen molar-refractivity contribution in [1.82, 2.24) is 0 Å². The third-order valence-electron chi connectivity index (χ3n) is 2.91. The Morgan fingerprint density at radius 2 is 1.71 bits per heavy atom. The Morgan fingerprint density at radius 3 is 2.29 bits per heavy atom. The lowest BCUT2D eigenvalue weighted by Gasteiger charge is -2.09. The lowest BCUT2D eigenvalue weighted by atomic mass is 9.95. The molecule has 0 spiro atoms. The van der Waals surface area contributed by atoms with Crippen LogP contribution in [0.15, 0.2) is 49.1 Å². The zero-order chi connectivity index (χ0) is 12.3. The van der Waals surface area contributed by atoms with Gasteiger partial charge in [-0.1, -0.05) is 42.5 Å². The molecule has 0 atom stereocenters. The smallest absolute Gasteiger partial charge is 0.134 e. The molecule has 1 nitrogen and oxygen atoms in total. The standard InChI is InChI=1S/C16H16O/c1-3-6-13-9-10-14(11-12(2)17)16-8-5-4-7-15(13)16/h3-5,7-10H,1,6,11H2,2H3. The molecular weight excluding hydrogens is 208 g/mol. The van der Waals surface area contributed by atoms with Crippen LogP contribution in [0.2, 0.25) is 0 Å². The van der Waals surface area contributed by atoms with Gasteiger partial charge in [0.25, 0.3) is 0 Å². The number of Topliss-reactive ketones (excluding diaryl/α,β-unsaturated/α-hetero) is 1. The molecule has 0 aliphatic heterocycles. The summed E-state index contributed by atoms with van der Waals surface area (Å²) in [5, 5.41) is 2.41. The van der Waals surface area contributed by atoms with Gasteiger partial charge in [0.1, 0.15) is 5.78 Å². The van der Waals surface area contributed by atoms with E-state index in [1.165, 1.54) is 16.3 Å². The Bertz CT molecular complexity index is 567. The van der Waals surface area contributed by atoms with Crippen molar-refractivity contribution < 1.29 is 4.79 Å². The Labute approximate surface area is 102 Å².